The van der Waals surface area contributed by atoms with E-state index in [0.717, 1.165) is 5.92 Å². The average Bonchev–Trinajstić information content (AvgIpc) is 2.15. The monoisotopic (exact) mass is 122 g/mol. The smallest absolute Gasteiger partial charge is 0.00169 e. The van der Waals surface area contributed by atoms with E-state index in [1.807, 2.05) is 0 Å². The van der Waals surface area contributed by atoms with Gasteiger partial charge in [0.05, 0.1) is 0 Å². The van der Waals surface area contributed by atoms with E-state index in [2.05, 4.69) is 18.2 Å². The van der Waals surface area contributed by atoms with Crippen LogP contribution in [-0.2, 0) is 0 Å². The van der Waals surface area contributed by atoms with Crippen LogP contribution in [0.1, 0.15) is 26.7 Å². The van der Waals surface area contributed by atoms with Crippen LogP contribution in [0.4, 0.5) is 0 Å². The second kappa shape index (κ2) is 2.38. The molecule has 1 saturated carbocycles. The molecule has 0 spiro atoms. The van der Waals surface area contributed by atoms with Gasteiger partial charge in [-0.25, -0.2) is 0 Å². The van der Waals surface area contributed by atoms with Crippen molar-refractivity contribution in [2.75, 3.05) is 0 Å². The summed E-state index contributed by atoms with van der Waals surface area (Å²) >= 11 is 0. The lowest BCUT2D eigenvalue weighted by molar-refractivity contribution is 0.772. The lowest BCUT2D eigenvalue weighted by Crippen LogP contribution is -1.83. The Balaban J connectivity index is 0.000000405. The van der Waals surface area contributed by atoms with Crippen molar-refractivity contribution in [3.8, 4) is 0 Å². The van der Waals surface area contributed by atoms with Crippen molar-refractivity contribution < 1.29 is 0 Å². The number of allylic oxidation sites excluding steroid dienone is 4. The minimum atomic E-state index is 0. The number of rotatable bonds is 0. The summed E-state index contributed by atoms with van der Waals surface area (Å²) < 4.78 is 0. The van der Waals surface area contributed by atoms with Gasteiger partial charge in [0, 0.05) is 0 Å². The predicted octanol–water partition coefficient (Wildman–Crippen LogP) is 2.92. The first kappa shape index (κ1) is 6.60. The molecule has 0 heterocycles. The highest BCUT2D eigenvalue weighted by Crippen LogP contribution is 2.34. The zero-order valence-corrected chi connectivity index (χ0v) is 4.93. The first-order chi connectivity index (χ1) is 3.97. The minimum absolute atomic E-state index is 0. The maximum absolute atomic E-state index is 2.32. The highest BCUT2D eigenvalue weighted by molar-refractivity contribution is 5.29. The summed E-state index contributed by atoms with van der Waals surface area (Å²) in [5.41, 5.74) is 1.67. The highest BCUT2D eigenvalue weighted by Gasteiger charge is 2.19. The molecule has 0 radical (unpaired) electrons. The molecule has 0 N–H and O–H groups in total. The summed E-state index contributed by atoms with van der Waals surface area (Å²) in [6.07, 6.45) is 11.0. The average molecular weight is 122 g/mol. The lowest BCUT2D eigenvalue weighted by Gasteiger charge is -1.96. The molecular formula is C9H14. The molecule has 2 aliphatic rings. The Labute approximate surface area is 57.3 Å². The third kappa shape index (κ3) is 0.937. The molecule has 0 nitrogen and oxygen atoms in total. The van der Waals surface area contributed by atoms with E-state index in [1.54, 1.807) is 5.57 Å². The highest BCUT2D eigenvalue weighted by atomic mass is 14.2. The Hall–Kier alpha value is -0.520. The second-order valence-corrected chi connectivity index (χ2v) is 2.63. The molecule has 0 saturated heterocycles. The zero-order valence-electron chi connectivity index (χ0n) is 4.93. The topological polar surface area (TPSA) is 0 Å². The van der Waals surface area contributed by atoms with Gasteiger partial charge in [0.25, 0.3) is 0 Å². The van der Waals surface area contributed by atoms with Crippen LogP contribution >= 0.6 is 0 Å². The summed E-state index contributed by atoms with van der Waals surface area (Å²) in [5.74, 6) is 0.856. The second-order valence-electron chi connectivity index (χ2n) is 2.63. The van der Waals surface area contributed by atoms with E-state index in [1.165, 1.54) is 19.3 Å². The van der Waals surface area contributed by atoms with Crippen molar-refractivity contribution in [3.63, 3.8) is 0 Å². The Morgan fingerprint density at radius 1 is 1.44 bits per heavy atom. The predicted molar refractivity (Wildman–Crippen MR) is 41.3 cm³/mol. The van der Waals surface area contributed by atoms with Crippen LogP contribution in [0.15, 0.2) is 23.8 Å². The molecule has 0 aliphatic heterocycles. The van der Waals surface area contributed by atoms with Gasteiger partial charge in [-0.1, -0.05) is 31.2 Å². The third-order valence-corrected chi connectivity index (χ3v) is 2.11. The summed E-state index contributed by atoms with van der Waals surface area (Å²) in [5, 5.41) is 0. The number of hydrogen-bond acceptors (Lipinski definition) is 0. The van der Waals surface area contributed by atoms with Gasteiger partial charge in [-0.15, -0.1) is 0 Å². The van der Waals surface area contributed by atoms with E-state index >= 15 is 0 Å². The van der Waals surface area contributed by atoms with Crippen molar-refractivity contribution in [2.24, 2.45) is 5.92 Å². The van der Waals surface area contributed by atoms with Gasteiger partial charge in [-0.3, -0.25) is 0 Å². The SMILES string of the molecule is C.C1=CC2CCCC2=C1. The number of hydrogen-bond donors (Lipinski definition) is 0. The molecule has 0 aromatic carbocycles. The molecule has 1 atom stereocenters. The van der Waals surface area contributed by atoms with Crippen LogP contribution in [0.2, 0.25) is 0 Å². The molecule has 0 aromatic rings. The van der Waals surface area contributed by atoms with E-state index in [4.69, 9.17) is 0 Å². The Morgan fingerprint density at radius 3 is 3.11 bits per heavy atom. The molecule has 9 heavy (non-hydrogen) atoms. The fourth-order valence-electron chi connectivity index (χ4n) is 1.64. The van der Waals surface area contributed by atoms with Crippen molar-refractivity contribution in [2.45, 2.75) is 26.7 Å². The molecule has 0 amide bonds. The molecule has 0 bridgehead atoms. The van der Waals surface area contributed by atoms with Gasteiger partial charge in [0.2, 0.25) is 0 Å². The summed E-state index contributed by atoms with van der Waals surface area (Å²) in [4.78, 5) is 0. The molecular weight excluding hydrogens is 108 g/mol. The van der Waals surface area contributed by atoms with Crippen LogP contribution in [0.25, 0.3) is 0 Å². The summed E-state index contributed by atoms with van der Waals surface area (Å²) in [6.45, 7) is 0. The molecule has 1 fully saturated rings. The maximum atomic E-state index is 2.32. The molecule has 50 valence electrons. The van der Waals surface area contributed by atoms with Gasteiger partial charge in [0.15, 0.2) is 0 Å². The standard InChI is InChI=1S/C8H10.CH4/c1-3-7-5-2-6-8(7)4-1;/h1,3-4,7H,2,5-6H2;1H4. The maximum Gasteiger partial charge on any atom is -0.00169 e. The van der Waals surface area contributed by atoms with Crippen LogP contribution in [-0.4, -0.2) is 0 Å². The van der Waals surface area contributed by atoms with Gasteiger partial charge < -0.3 is 0 Å². The first-order valence-corrected chi connectivity index (χ1v) is 3.34. The Morgan fingerprint density at radius 2 is 2.33 bits per heavy atom. The van der Waals surface area contributed by atoms with Crippen LogP contribution in [0, 0.1) is 5.92 Å². The van der Waals surface area contributed by atoms with Crippen LogP contribution < -0.4 is 0 Å². The lowest BCUT2D eigenvalue weighted by atomic mass is 10.1. The summed E-state index contributed by atoms with van der Waals surface area (Å²) in [7, 11) is 0. The van der Waals surface area contributed by atoms with Crippen molar-refractivity contribution in [1.29, 1.82) is 0 Å². The van der Waals surface area contributed by atoms with Crippen LogP contribution in [0.5, 0.6) is 0 Å². The third-order valence-electron chi connectivity index (χ3n) is 2.11. The molecule has 0 aromatic heterocycles. The van der Waals surface area contributed by atoms with Crippen molar-refractivity contribution in [3.05, 3.63) is 23.8 Å². The van der Waals surface area contributed by atoms with Gasteiger partial charge in [0.1, 0.15) is 0 Å². The summed E-state index contributed by atoms with van der Waals surface area (Å²) in [6, 6.07) is 0. The molecule has 0 heteroatoms. The van der Waals surface area contributed by atoms with Crippen LogP contribution in [0.3, 0.4) is 0 Å². The normalized spacial score (nSPS) is 29.3. The zero-order chi connectivity index (χ0) is 5.40. The van der Waals surface area contributed by atoms with Crippen molar-refractivity contribution >= 4 is 0 Å². The first-order valence-electron chi connectivity index (χ1n) is 3.34. The Bertz CT molecular complexity index is 151. The quantitative estimate of drug-likeness (QED) is 0.463. The fourth-order valence-corrected chi connectivity index (χ4v) is 1.64. The largest absolute Gasteiger partial charge is 0.0776 e. The van der Waals surface area contributed by atoms with E-state index in [-0.39, 0.29) is 7.43 Å². The Kier molecular flexibility index (Phi) is 1.75. The fraction of sp³-hybridized carbons (Fsp3) is 0.556. The van der Waals surface area contributed by atoms with E-state index < -0.39 is 0 Å². The minimum Gasteiger partial charge on any atom is -0.0776 e. The van der Waals surface area contributed by atoms with Gasteiger partial charge in [-0.2, -0.15) is 0 Å². The number of fused-ring (bicyclic) bond motifs is 1. The van der Waals surface area contributed by atoms with E-state index in [0.29, 0.717) is 0 Å². The van der Waals surface area contributed by atoms with Gasteiger partial charge in [-0.05, 0) is 25.2 Å². The van der Waals surface area contributed by atoms with E-state index in [9.17, 15) is 0 Å². The van der Waals surface area contributed by atoms with Gasteiger partial charge >= 0.3 is 0 Å². The molecule has 2 rings (SSSR count). The van der Waals surface area contributed by atoms with Crippen molar-refractivity contribution in [1.82, 2.24) is 0 Å². The molecule has 1 unspecified atom stereocenters. The molecule has 2 aliphatic carbocycles.